The second-order valence-electron chi connectivity index (χ2n) is 6.16. The van der Waals surface area contributed by atoms with E-state index in [1.165, 1.54) is 0 Å². The average molecular weight is 306 g/mol. The van der Waals surface area contributed by atoms with E-state index >= 15 is 0 Å². The van der Waals surface area contributed by atoms with E-state index in [2.05, 4.69) is 16.0 Å². The van der Waals surface area contributed by atoms with E-state index in [0.717, 1.165) is 13.1 Å². The standard InChI is InChI=1S/C14H27N3O2.ClH/c1-9(2)5-12(18)17-13(10(3)4)14(19)16-8-11-6-15-7-11;/h9-11,13,15H,5-8H2,1-4H3,(H,16,19)(H,17,18);1H. The maximum atomic E-state index is 12.1. The van der Waals surface area contributed by atoms with Crippen molar-refractivity contribution in [3.05, 3.63) is 0 Å². The molecule has 1 heterocycles. The van der Waals surface area contributed by atoms with E-state index in [-0.39, 0.29) is 30.1 Å². The van der Waals surface area contributed by atoms with Crippen LogP contribution in [-0.2, 0) is 9.59 Å². The molecule has 0 saturated carbocycles. The molecule has 0 bridgehead atoms. The van der Waals surface area contributed by atoms with Crippen molar-refractivity contribution in [3.8, 4) is 0 Å². The Morgan fingerprint density at radius 1 is 1.20 bits per heavy atom. The summed E-state index contributed by atoms with van der Waals surface area (Å²) in [7, 11) is 0. The summed E-state index contributed by atoms with van der Waals surface area (Å²) in [4.78, 5) is 23.9. The van der Waals surface area contributed by atoms with E-state index in [9.17, 15) is 9.59 Å². The molecule has 0 aliphatic carbocycles. The predicted molar refractivity (Wildman–Crippen MR) is 82.8 cm³/mol. The molecule has 0 spiro atoms. The van der Waals surface area contributed by atoms with Gasteiger partial charge in [0.25, 0.3) is 0 Å². The van der Waals surface area contributed by atoms with Gasteiger partial charge in [0.05, 0.1) is 0 Å². The highest BCUT2D eigenvalue weighted by Crippen LogP contribution is 2.06. The van der Waals surface area contributed by atoms with Crippen LogP contribution in [0.25, 0.3) is 0 Å². The van der Waals surface area contributed by atoms with Crippen LogP contribution in [0.5, 0.6) is 0 Å². The molecule has 118 valence electrons. The van der Waals surface area contributed by atoms with Crippen molar-refractivity contribution in [2.75, 3.05) is 19.6 Å². The number of rotatable bonds is 7. The molecule has 20 heavy (non-hydrogen) atoms. The van der Waals surface area contributed by atoms with E-state index in [4.69, 9.17) is 0 Å². The van der Waals surface area contributed by atoms with E-state index in [1.807, 2.05) is 27.7 Å². The molecule has 0 aromatic heterocycles. The first-order chi connectivity index (χ1) is 8.90. The molecule has 1 atom stereocenters. The van der Waals surface area contributed by atoms with Gasteiger partial charge in [-0.2, -0.15) is 0 Å². The van der Waals surface area contributed by atoms with Gasteiger partial charge in [-0.05, 0) is 11.8 Å². The van der Waals surface area contributed by atoms with Gasteiger partial charge in [-0.25, -0.2) is 0 Å². The molecule has 3 N–H and O–H groups in total. The smallest absolute Gasteiger partial charge is 0.242 e. The van der Waals surface area contributed by atoms with Gasteiger partial charge in [-0.15, -0.1) is 12.4 Å². The zero-order valence-corrected chi connectivity index (χ0v) is 13.7. The molecule has 1 aliphatic rings. The van der Waals surface area contributed by atoms with Crippen LogP contribution < -0.4 is 16.0 Å². The fraction of sp³-hybridized carbons (Fsp3) is 0.857. The van der Waals surface area contributed by atoms with Gasteiger partial charge in [0, 0.05) is 32.0 Å². The highest BCUT2D eigenvalue weighted by Gasteiger charge is 2.25. The molecular formula is C14H28ClN3O2. The Balaban J connectivity index is 0.00000361. The number of carbonyl (C=O) groups is 2. The molecular weight excluding hydrogens is 278 g/mol. The molecule has 0 aromatic carbocycles. The third-order valence-corrected chi connectivity index (χ3v) is 3.29. The van der Waals surface area contributed by atoms with Crippen LogP contribution in [-0.4, -0.2) is 37.5 Å². The fourth-order valence-corrected chi connectivity index (χ4v) is 1.99. The normalized spacial score (nSPS) is 16.3. The van der Waals surface area contributed by atoms with Crippen molar-refractivity contribution in [2.24, 2.45) is 17.8 Å². The lowest BCUT2D eigenvalue weighted by Crippen LogP contribution is -2.53. The van der Waals surface area contributed by atoms with Crippen LogP contribution >= 0.6 is 12.4 Å². The van der Waals surface area contributed by atoms with Crippen molar-refractivity contribution in [1.29, 1.82) is 0 Å². The average Bonchev–Trinajstić information content (AvgIpc) is 2.22. The zero-order chi connectivity index (χ0) is 14.4. The van der Waals surface area contributed by atoms with Gasteiger partial charge in [0.1, 0.15) is 6.04 Å². The minimum Gasteiger partial charge on any atom is -0.354 e. The Morgan fingerprint density at radius 3 is 2.20 bits per heavy atom. The summed E-state index contributed by atoms with van der Waals surface area (Å²) < 4.78 is 0. The lowest BCUT2D eigenvalue weighted by Gasteiger charge is -2.29. The second-order valence-corrected chi connectivity index (χ2v) is 6.16. The quantitative estimate of drug-likeness (QED) is 0.655. The minimum atomic E-state index is -0.431. The summed E-state index contributed by atoms with van der Waals surface area (Å²) in [6.07, 6.45) is 0.461. The minimum absolute atomic E-state index is 0. The Hall–Kier alpha value is -0.810. The second kappa shape index (κ2) is 9.19. The lowest BCUT2D eigenvalue weighted by atomic mass is 10.0. The molecule has 1 aliphatic heterocycles. The number of hydrogen-bond donors (Lipinski definition) is 3. The molecule has 1 unspecified atom stereocenters. The fourth-order valence-electron chi connectivity index (χ4n) is 1.99. The third kappa shape index (κ3) is 6.57. The molecule has 5 nitrogen and oxygen atoms in total. The van der Waals surface area contributed by atoms with Crippen LogP contribution in [0.15, 0.2) is 0 Å². The molecule has 0 aromatic rings. The highest BCUT2D eigenvalue weighted by atomic mass is 35.5. The summed E-state index contributed by atoms with van der Waals surface area (Å²) in [6.45, 7) is 10.5. The van der Waals surface area contributed by atoms with Crippen LogP contribution in [0.1, 0.15) is 34.1 Å². The van der Waals surface area contributed by atoms with Crippen LogP contribution in [0.2, 0.25) is 0 Å². The number of amides is 2. The zero-order valence-electron chi connectivity index (χ0n) is 12.9. The van der Waals surface area contributed by atoms with Crippen molar-refractivity contribution >= 4 is 24.2 Å². The molecule has 0 radical (unpaired) electrons. The molecule has 1 rings (SSSR count). The summed E-state index contributed by atoms with van der Waals surface area (Å²) in [5, 5.41) is 8.94. The summed E-state index contributed by atoms with van der Waals surface area (Å²) in [5.74, 6) is 0.809. The summed E-state index contributed by atoms with van der Waals surface area (Å²) in [5.41, 5.74) is 0. The van der Waals surface area contributed by atoms with Crippen molar-refractivity contribution in [1.82, 2.24) is 16.0 Å². The lowest BCUT2D eigenvalue weighted by molar-refractivity contribution is -0.130. The Labute approximate surface area is 128 Å². The van der Waals surface area contributed by atoms with Gasteiger partial charge in [-0.3, -0.25) is 9.59 Å². The van der Waals surface area contributed by atoms with Gasteiger partial charge in [0.2, 0.25) is 11.8 Å². The largest absolute Gasteiger partial charge is 0.354 e. The SMILES string of the molecule is CC(C)CC(=O)NC(C(=O)NCC1CNC1)C(C)C.Cl. The first-order valence-electron chi connectivity index (χ1n) is 7.18. The third-order valence-electron chi connectivity index (χ3n) is 3.29. The molecule has 1 fully saturated rings. The predicted octanol–water partition coefficient (Wildman–Crippen LogP) is 0.931. The van der Waals surface area contributed by atoms with E-state index in [1.54, 1.807) is 0 Å². The van der Waals surface area contributed by atoms with Gasteiger partial charge >= 0.3 is 0 Å². The van der Waals surface area contributed by atoms with Crippen molar-refractivity contribution < 1.29 is 9.59 Å². The number of nitrogens with one attached hydrogen (secondary N) is 3. The maximum Gasteiger partial charge on any atom is 0.242 e. The first-order valence-corrected chi connectivity index (χ1v) is 7.18. The van der Waals surface area contributed by atoms with Crippen LogP contribution in [0, 0.1) is 17.8 Å². The number of halogens is 1. The summed E-state index contributed by atoms with van der Waals surface area (Å²) >= 11 is 0. The van der Waals surface area contributed by atoms with Gasteiger partial charge in [-0.1, -0.05) is 27.7 Å². The Bertz CT molecular complexity index is 318. The van der Waals surface area contributed by atoms with Gasteiger partial charge in [0.15, 0.2) is 0 Å². The van der Waals surface area contributed by atoms with E-state index < -0.39 is 6.04 Å². The topological polar surface area (TPSA) is 70.2 Å². The Morgan fingerprint density at radius 2 is 1.80 bits per heavy atom. The first kappa shape index (κ1) is 19.2. The van der Waals surface area contributed by atoms with E-state index in [0.29, 0.717) is 24.8 Å². The number of carbonyl (C=O) groups excluding carboxylic acids is 2. The highest BCUT2D eigenvalue weighted by molar-refractivity contribution is 5.87. The van der Waals surface area contributed by atoms with Crippen molar-refractivity contribution in [2.45, 2.75) is 40.2 Å². The molecule has 2 amide bonds. The maximum absolute atomic E-state index is 12.1. The van der Waals surface area contributed by atoms with Crippen LogP contribution in [0.4, 0.5) is 0 Å². The Kier molecular flexibility index (Phi) is 8.81. The van der Waals surface area contributed by atoms with Crippen LogP contribution in [0.3, 0.4) is 0 Å². The molecule has 1 saturated heterocycles. The molecule has 6 heteroatoms. The monoisotopic (exact) mass is 305 g/mol. The summed E-state index contributed by atoms with van der Waals surface area (Å²) in [6, 6.07) is -0.431. The number of hydrogen-bond acceptors (Lipinski definition) is 3. The van der Waals surface area contributed by atoms with Crippen molar-refractivity contribution in [3.63, 3.8) is 0 Å². The van der Waals surface area contributed by atoms with Gasteiger partial charge < -0.3 is 16.0 Å².